The van der Waals surface area contributed by atoms with Gasteiger partial charge in [0.1, 0.15) is 0 Å². The smallest absolute Gasteiger partial charge is 0.0949 e. The van der Waals surface area contributed by atoms with Gasteiger partial charge in [-0.05, 0) is 38.8 Å². The Labute approximate surface area is 116 Å². The van der Waals surface area contributed by atoms with Gasteiger partial charge in [0.05, 0.1) is 11.7 Å². The summed E-state index contributed by atoms with van der Waals surface area (Å²) in [5.41, 5.74) is 2.07. The van der Waals surface area contributed by atoms with Gasteiger partial charge < -0.3 is 0 Å². The molecule has 0 aromatic heterocycles. The lowest BCUT2D eigenvalue weighted by atomic mass is 9.97. The van der Waals surface area contributed by atoms with Crippen LogP contribution in [0.1, 0.15) is 39.7 Å². The predicted molar refractivity (Wildman–Crippen MR) is 82.1 cm³/mol. The van der Waals surface area contributed by atoms with Crippen molar-refractivity contribution in [2.45, 2.75) is 40.5 Å². The predicted octanol–water partition coefficient (Wildman–Crippen LogP) is 4.49. The Balaban J connectivity index is 2.84. The van der Waals surface area contributed by atoms with E-state index in [0.717, 1.165) is 24.2 Å². The summed E-state index contributed by atoms with van der Waals surface area (Å²) in [5, 5.41) is 0. The highest BCUT2D eigenvalue weighted by Crippen LogP contribution is 2.18. The molecule has 0 unspecified atom stereocenters. The van der Waals surface area contributed by atoms with E-state index in [4.69, 9.17) is 0 Å². The summed E-state index contributed by atoms with van der Waals surface area (Å²) < 4.78 is 0. The van der Waals surface area contributed by atoms with Gasteiger partial charge in [0.15, 0.2) is 0 Å². The van der Waals surface area contributed by atoms with E-state index in [2.05, 4.69) is 61.6 Å². The van der Waals surface area contributed by atoms with Crippen LogP contribution in [0.15, 0.2) is 34.3 Å². The van der Waals surface area contributed by atoms with E-state index in [1.165, 1.54) is 0 Å². The monoisotopic (exact) mass is 254 g/mol. The molecule has 0 saturated carbocycles. The maximum Gasteiger partial charge on any atom is 0.0949 e. The number of hydrogen-bond donors (Lipinski definition) is 0. The molecule has 1 aromatic carbocycles. The number of benzene rings is 1. The summed E-state index contributed by atoms with van der Waals surface area (Å²) in [6, 6.07) is 10.8. The van der Waals surface area contributed by atoms with Gasteiger partial charge in [-0.15, -0.1) is 0 Å². The fraction of sp³-hybridized carbons (Fsp3) is 0.471. The Kier molecular flexibility index (Phi) is 6.06. The molecule has 0 aliphatic rings. The molecule has 100 valence electrons. The molecule has 0 saturated heterocycles. The molecule has 1 aromatic rings. The molecule has 0 amide bonds. The van der Waals surface area contributed by atoms with Crippen LogP contribution in [0.25, 0.3) is 0 Å². The normalized spacial score (nSPS) is 10.1. The van der Waals surface area contributed by atoms with Crippen molar-refractivity contribution in [2.24, 2.45) is 15.4 Å². The van der Waals surface area contributed by atoms with E-state index >= 15 is 0 Å². The second-order valence-electron chi connectivity index (χ2n) is 5.45. The first-order valence-electron chi connectivity index (χ1n) is 6.73. The van der Waals surface area contributed by atoms with Crippen LogP contribution in [0.3, 0.4) is 0 Å². The molecule has 1 rings (SSSR count). The van der Waals surface area contributed by atoms with Crippen molar-refractivity contribution < 1.29 is 0 Å². The number of hydrogen-bond acceptors (Lipinski definition) is 2. The van der Waals surface area contributed by atoms with Crippen LogP contribution in [0.2, 0.25) is 0 Å². The van der Waals surface area contributed by atoms with Crippen LogP contribution in [0.5, 0.6) is 0 Å². The van der Waals surface area contributed by atoms with Gasteiger partial charge in [-0.2, -0.15) is 4.99 Å². The number of para-hydroxylation sites is 1. The van der Waals surface area contributed by atoms with Gasteiger partial charge in [0.25, 0.3) is 0 Å². The Bertz CT molecular complexity index is 518. The van der Waals surface area contributed by atoms with Crippen molar-refractivity contribution in [3.8, 4) is 11.8 Å². The highest BCUT2D eigenvalue weighted by molar-refractivity contribution is 5.56. The van der Waals surface area contributed by atoms with Gasteiger partial charge in [-0.3, -0.25) is 0 Å². The fourth-order valence-corrected chi connectivity index (χ4v) is 1.42. The van der Waals surface area contributed by atoms with Crippen LogP contribution in [0.4, 0.5) is 5.69 Å². The van der Waals surface area contributed by atoms with Crippen LogP contribution in [-0.2, 0) is 6.42 Å². The van der Waals surface area contributed by atoms with E-state index in [-0.39, 0.29) is 5.41 Å². The topological polar surface area (TPSA) is 24.7 Å². The van der Waals surface area contributed by atoms with E-state index < -0.39 is 0 Å². The lowest BCUT2D eigenvalue weighted by Gasteiger charge is -2.07. The minimum absolute atomic E-state index is 0.0425. The van der Waals surface area contributed by atoms with Gasteiger partial charge >= 0.3 is 0 Å². The molecule has 19 heavy (non-hydrogen) atoms. The average molecular weight is 254 g/mol. The standard InChI is InChI=1S/C17H22N2/c1-5-13-18-14-19-16-11-7-6-9-15(16)10-8-12-17(2,3)4/h6-7,9,11H,5,10,13H2,1-4H3. The first kappa shape index (κ1) is 15.2. The van der Waals surface area contributed by atoms with Crippen LogP contribution in [0, 0.1) is 17.3 Å². The van der Waals surface area contributed by atoms with E-state index in [1.54, 1.807) is 0 Å². The SMILES string of the molecule is CCCN=C=Nc1ccccc1CC#CC(C)(C)C. The third kappa shape index (κ3) is 6.60. The Morgan fingerprint density at radius 2 is 1.89 bits per heavy atom. The van der Waals surface area contributed by atoms with E-state index in [9.17, 15) is 0 Å². The van der Waals surface area contributed by atoms with Crippen molar-refractivity contribution >= 4 is 11.7 Å². The third-order valence-electron chi connectivity index (χ3n) is 2.31. The van der Waals surface area contributed by atoms with E-state index in [0.29, 0.717) is 6.42 Å². The summed E-state index contributed by atoms with van der Waals surface area (Å²) in [6.07, 6.45) is 1.73. The van der Waals surface area contributed by atoms with Gasteiger partial charge in [0.2, 0.25) is 0 Å². The molecule has 0 heterocycles. The molecule has 0 aliphatic heterocycles. The van der Waals surface area contributed by atoms with Crippen molar-refractivity contribution in [1.29, 1.82) is 0 Å². The first-order valence-corrected chi connectivity index (χ1v) is 6.73. The second-order valence-corrected chi connectivity index (χ2v) is 5.45. The minimum Gasteiger partial charge on any atom is -0.225 e. The molecule has 0 fully saturated rings. The molecule has 0 atom stereocenters. The third-order valence-corrected chi connectivity index (χ3v) is 2.31. The average Bonchev–Trinajstić information content (AvgIpc) is 2.35. The summed E-state index contributed by atoms with van der Waals surface area (Å²) in [6.45, 7) is 9.20. The summed E-state index contributed by atoms with van der Waals surface area (Å²) in [5.74, 6) is 6.45. The van der Waals surface area contributed by atoms with Crippen molar-refractivity contribution in [3.05, 3.63) is 29.8 Å². The van der Waals surface area contributed by atoms with Crippen LogP contribution in [-0.4, -0.2) is 12.6 Å². The number of rotatable bonds is 4. The minimum atomic E-state index is 0.0425. The molecule has 2 nitrogen and oxygen atoms in total. The lowest BCUT2D eigenvalue weighted by Crippen LogP contribution is -1.99. The Morgan fingerprint density at radius 1 is 1.16 bits per heavy atom. The molecule has 2 heteroatoms. The zero-order valence-electron chi connectivity index (χ0n) is 12.3. The molecule has 0 N–H and O–H groups in total. The molecule has 0 bridgehead atoms. The quantitative estimate of drug-likeness (QED) is 0.558. The number of nitrogens with zero attached hydrogens (tertiary/aromatic N) is 2. The van der Waals surface area contributed by atoms with Crippen molar-refractivity contribution in [2.75, 3.05) is 6.54 Å². The molecule has 0 spiro atoms. The Morgan fingerprint density at radius 3 is 2.58 bits per heavy atom. The molecule has 0 radical (unpaired) electrons. The van der Waals surface area contributed by atoms with Crippen LogP contribution >= 0.6 is 0 Å². The van der Waals surface area contributed by atoms with Gasteiger partial charge in [-0.25, -0.2) is 4.99 Å². The summed E-state index contributed by atoms with van der Waals surface area (Å²) in [7, 11) is 0. The summed E-state index contributed by atoms with van der Waals surface area (Å²) >= 11 is 0. The summed E-state index contributed by atoms with van der Waals surface area (Å²) in [4.78, 5) is 8.37. The van der Waals surface area contributed by atoms with Crippen molar-refractivity contribution in [3.63, 3.8) is 0 Å². The number of aliphatic imine (C=N–C) groups is 2. The molecular weight excluding hydrogens is 232 g/mol. The zero-order valence-corrected chi connectivity index (χ0v) is 12.3. The maximum atomic E-state index is 4.27. The zero-order chi connectivity index (χ0) is 14.1. The van der Waals surface area contributed by atoms with Crippen LogP contribution < -0.4 is 0 Å². The fourth-order valence-electron chi connectivity index (χ4n) is 1.42. The van der Waals surface area contributed by atoms with Gasteiger partial charge in [-0.1, -0.05) is 37.0 Å². The molecular formula is C17H22N2. The first-order chi connectivity index (χ1) is 9.03. The second kappa shape index (κ2) is 7.56. The highest BCUT2D eigenvalue weighted by atomic mass is 14.8. The van der Waals surface area contributed by atoms with Crippen molar-refractivity contribution in [1.82, 2.24) is 0 Å². The molecule has 0 aliphatic carbocycles. The maximum absolute atomic E-state index is 4.27. The highest BCUT2D eigenvalue weighted by Gasteiger charge is 2.03. The largest absolute Gasteiger partial charge is 0.225 e. The van der Waals surface area contributed by atoms with Gasteiger partial charge in [0, 0.05) is 18.4 Å². The van der Waals surface area contributed by atoms with E-state index in [1.807, 2.05) is 18.2 Å². The Hall–Kier alpha value is -1.84. The lowest BCUT2D eigenvalue weighted by molar-refractivity contribution is 0.570.